The summed E-state index contributed by atoms with van der Waals surface area (Å²) in [5, 5.41) is 0. The van der Waals surface area contributed by atoms with Crippen LogP contribution in [-0.4, -0.2) is 45.9 Å². The maximum Gasteiger partial charge on any atom is 0.242 e. The minimum Gasteiger partial charge on any atom is -0.340 e. The van der Waals surface area contributed by atoms with Crippen molar-refractivity contribution in [2.45, 2.75) is 32.9 Å². The number of rotatable bonds is 3. The molecule has 0 spiro atoms. The summed E-state index contributed by atoms with van der Waals surface area (Å²) < 4.78 is 0.557. The molecule has 100 valence electrons. The van der Waals surface area contributed by atoms with Gasteiger partial charge in [0.05, 0.1) is 5.54 Å². The predicted molar refractivity (Wildman–Crippen MR) is 73.9 cm³/mol. The summed E-state index contributed by atoms with van der Waals surface area (Å²) in [6.45, 7) is 9.20. The van der Waals surface area contributed by atoms with Gasteiger partial charge in [-0.3, -0.25) is 9.69 Å². The lowest BCUT2D eigenvalue weighted by Gasteiger charge is -2.45. The first-order valence-corrected chi connectivity index (χ1v) is 7.29. The minimum absolute atomic E-state index is 0.201. The van der Waals surface area contributed by atoms with Gasteiger partial charge in [0.25, 0.3) is 0 Å². The molecule has 0 radical (unpaired) electrons. The standard InChI is InChI=1S/C12H18ClN3OS/c1-4-15-5-6-16(12(2,3)10(15)17)8-9-7-14-11(13)18-9/h7H,4-6,8H2,1-3H3. The van der Waals surface area contributed by atoms with E-state index in [4.69, 9.17) is 11.6 Å². The number of aromatic nitrogens is 1. The molecule has 1 amide bonds. The Hall–Kier alpha value is -0.650. The van der Waals surface area contributed by atoms with E-state index in [1.165, 1.54) is 11.3 Å². The van der Waals surface area contributed by atoms with Crippen LogP contribution in [0, 0.1) is 0 Å². The molecular weight excluding hydrogens is 270 g/mol. The molecule has 1 aliphatic rings. The van der Waals surface area contributed by atoms with Crippen molar-refractivity contribution in [3.63, 3.8) is 0 Å². The van der Waals surface area contributed by atoms with Crippen molar-refractivity contribution < 1.29 is 4.79 Å². The number of amides is 1. The summed E-state index contributed by atoms with van der Waals surface area (Å²) in [5.41, 5.74) is -0.454. The van der Waals surface area contributed by atoms with E-state index in [9.17, 15) is 4.79 Å². The van der Waals surface area contributed by atoms with Crippen LogP contribution in [0.1, 0.15) is 25.6 Å². The van der Waals surface area contributed by atoms with Crippen LogP contribution in [0.2, 0.25) is 4.47 Å². The Morgan fingerprint density at radius 2 is 2.22 bits per heavy atom. The van der Waals surface area contributed by atoms with Gasteiger partial charge in [-0.1, -0.05) is 11.6 Å². The number of nitrogens with zero attached hydrogens (tertiary/aromatic N) is 3. The minimum atomic E-state index is -0.454. The quantitative estimate of drug-likeness (QED) is 0.855. The topological polar surface area (TPSA) is 36.4 Å². The fraction of sp³-hybridized carbons (Fsp3) is 0.667. The first-order chi connectivity index (χ1) is 8.45. The first-order valence-electron chi connectivity index (χ1n) is 6.09. The summed E-state index contributed by atoms with van der Waals surface area (Å²) >= 11 is 7.31. The lowest BCUT2D eigenvalue weighted by molar-refractivity contribution is -0.149. The molecular formula is C12H18ClN3OS. The van der Waals surface area contributed by atoms with Gasteiger partial charge in [0.2, 0.25) is 5.91 Å². The maximum atomic E-state index is 12.3. The molecule has 0 N–H and O–H groups in total. The second kappa shape index (κ2) is 5.15. The summed E-state index contributed by atoms with van der Waals surface area (Å²) in [4.78, 5) is 21.6. The number of halogens is 1. The van der Waals surface area contributed by atoms with Gasteiger partial charge in [0.1, 0.15) is 0 Å². The van der Waals surface area contributed by atoms with Gasteiger partial charge in [-0.15, -0.1) is 11.3 Å². The van der Waals surface area contributed by atoms with Gasteiger partial charge in [-0.25, -0.2) is 4.98 Å². The molecule has 1 saturated heterocycles. The van der Waals surface area contributed by atoms with E-state index < -0.39 is 5.54 Å². The molecule has 2 heterocycles. The molecule has 0 unspecified atom stereocenters. The van der Waals surface area contributed by atoms with Crippen LogP contribution in [0.25, 0.3) is 0 Å². The Kier molecular flexibility index (Phi) is 3.94. The van der Waals surface area contributed by atoms with Crippen molar-refractivity contribution in [1.29, 1.82) is 0 Å². The van der Waals surface area contributed by atoms with E-state index >= 15 is 0 Å². The molecule has 2 rings (SSSR count). The van der Waals surface area contributed by atoms with Crippen molar-refractivity contribution in [1.82, 2.24) is 14.8 Å². The molecule has 6 heteroatoms. The molecule has 18 heavy (non-hydrogen) atoms. The van der Waals surface area contributed by atoms with Crippen LogP contribution in [0.4, 0.5) is 0 Å². The zero-order chi connectivity index (χ0) is 13.3. The lowest BCUT2D eigenvalue weighted by Crippen LogP contribution is -2.62. The Bertz CT molecular complexity index is 446. The predicted octanol–water partition coefficient (Wildman–Crippen LogP) is 2.24. The van der Waals surface area contributed by atoms with Gasteiger partial charge in [0.15, 0.2) is 4.47 Å². The lowest BCUT2D eigenvalue weighted by atomic mass is 9.97. The molecule has 1 aromatic rings. The van der Waals surface area contributed by atoms with Gasteiger partial charge >= 0.3 is 0 Å². The van der Waals surface area contributed by atoms with E-state index in [2.05, 4.69) is 9.88 Å². The van der Waals surface area contributed by atoms with Crippen LogP contribution in [0.5, 0.6) is 0 Å². The van der Waals surface area contributed by atoms with Gasteiger partial charge in [-0.05, 0) is 20.8 Å². The molecule has 4 nitrogen and oxygen atoms in total. The Morgan fingerprint density at radius 1 is 1.50 bits per heavy atom. The number of carbonyl (C=O) groups excluding carboxylic acids is 1. The summed E-state index contributed by atoms with van der Waals surface area (Å²) in [6, 6.07) is 0. The van der Waals surface area contributed by atoms with E-state index in [1.807, 2.05) is 25.7 Å². The number of likely N-dealkylation sites (N-methyl/N-ethyl adjacent to an activating group) is 1. The molecule has 0 bridgehead atoms. The number of carbonyl (C=O) groups is 1. The van der Waals surface area contributed by atoms with Crippen molar-refractivity contribution in [3.8, 4) is 0 Å². The number of hydrogen-bond acceptors (Lipinski definition) is 4. The fourth-order valence-corrected chi connectivity index (χ4v) is 3.26. The highest BCUT2D eigenvalue weighted by molar-refractivity contribution is 7.15. The van der Waals surface area contributed by atoms with Crippen LogP contribution < -0.4 is 0 Å². The van der Waals surface area contributed by atoms with E-state index in [-0.39, 0.29) is 5.91 Å². The van der Waals surface area contributed by atoms with E-state index in [1.54, 1.807) is 6.20 Å². The smallest absolute Gasteiger partial charge is 0.242 e. The monoisotopic (exact) mass is 287 g/mol. The number of hydrogen-bond donors (Lipinski definition) is 0. The average molecular weight is 288 g/mol. The number of thiazole rings is 1. The SMILES string of the molecule is CCN1CCN(Cc2cnc(Cl)s2)C(C)(C)C1=O. The third kappa shape index (κ3) is 2.53. The zero-order valence-corrected chi connectivity index (χ0v) is 12.5. The Balaban J connectivity index is 2.12. The second-order valence-corrected chi connectivity index (χ2v) is 6.64. The van der Waals surface area contributed by atoms with Gasteiger partial charge < -0.3 is 4.90 Å². The third-order valence-corrected chi connectivity index (χ3v) is 4.59. The largest absolute Gasteiger partial charge is 0.340 e. The molecule has 0 atom stereocenters. The van der Waals surface area contributed by atoms with Crippen LogP contribution in [0.3, 0.4) is 0 Å². The molecule has 0 aliphatic carbocycles. The number of piperazine rings is 1. The van der Waals surface area contributed by atoms with Gasteiger partial charge in [0, 0.05) is 37.3 Å². The van der Waals surface area contributed by atoms with Crippen molar-refractivity contribution in [2.24, 2.45) is 0 Å². The van der Waals surface area contributed by atoms with Crippen LogP contribution in [0.15, 0.2) is 6.20 Å². The highest BCUT2D eigenvalue weighted by Crippen LogP contribution is 2.27. The fourth-order valence-electron chi connectivity index (χ4n) is 2.27. The molecule has 1 fully saturated rings. The highest BCUT2D eigenvalue weighted by Gasteiger charge is 2.41. The van der Waals surface area contributed by atoms with E-state index in [0.717, 1.165) is 31.1 Å². The third-order valence-electron chi connectivity index (χ3n) is 3.49. The zero-order valence-electron chi connectivity index (χ0n) is 10.9. The Morgan fingerprint density at radius 3 is 2.78 bits per heavy atom. The molecule has 1 aliphatic heterocycles. The first kappa shape index (κ1) is 13.8. The van der Waals surface area contributed by atoms with Crippen LogP contribution >= 0.6 is 22.9 Å². The van der Waals surface area contributed by atoms with Crippen molar-refractivity contribution >= 4 is 28.8 Å². The second-order valence-electron chi connectivity index (χ2n) is 4.94. The molecule has 1 aromatic heterocycles. The maximum absolute atomic E-state index is 12.3. The normalized spacial score (nSPS) is 20.4. The molecule has 0 saturated carbocycles. The van der Waals surface area contributed by atoms with E-state index in [0.29, 0.717) is 4.47 Å². The van der Waals surface area contributed by atoms with Gasteiger partial charge in [-0.2, -0.15) is 0 Å². The summed E-state index contributed by atoms with van der Waals surface area (Å²) in [5.74, 6) is 0.201. The highest BCUT2D eigenvalue weighted by atomic mass is 35.5. The summed E-state index contributed by atoms with van der Waals surface area (Å²) in [6.07, 6.45) is 1.79. The van der Waals surface area contributed by atoms with Crippen molar-refractivity contribution in [3.05, 3.63) is 15.5 Å². The summed E-state index contributed by atoms with van der Waals surface area (Å²) in [7, 11) is 0. The average Bonchev–Trinajstić information content (AvgIpc) is 2.72. The van der Waals surface area contributed by atoms with Crippen LogP contribution in [-0.2, 0) is 11.3 Å². The Labute approximate surface area is 117 Å². The molecule has 0 aromatic carbocycles. The van der Waals surface area contributed by atoms with Crippen molar-refractivity contribution in [2.75, 3.05) is 19.6 Å².